The molecule has 1 aliphatic rings. The number of hydrogen-bond donors (Lipinski definition) is 0. The first-order valence-electron chi connectivity index (χ1n) is 9.56. The average Bonchev–Trinajstić information content (AvgIpc) is 3.34. The van der Waals surface area contributed by atoms with E-state index in [9.17, 15) is 4.79 Å². The van der Waals surface area contributed by atoms with Crippen LogP contribution in [0, 0.1) is 0 Å². The van der Waals surface area contributed by atoms with Crippen molar-refractivity contribution < 1.29 is 9.21 Å². The van der Waals surface area contributed by atoms with Gasteiger partial charge in [-0.25, -0.2) is 0 Å². The summed E-state index contributed by atoms with van der Waals surface area (Å²) in [5, 5.41) is 2.30. The highest BCUT2D eigenvalue weighted by atomic mass is 32.2. The van der Waals surface area contributed by atoms with E-state index in [0.29, 0.717) is 21.5 Å². The summed E-state index contributed by atoms with van der Waals surface area (Å²) in [6, 6.07) is 28.1. The monoisotopic (exact) mass is 427 g/mol. The minimum Gasteiger partial charge on any atom is -0.457 e. The van der Waals surface area contributed by atoms with Gasteiger partial charge in [-0.1, -0.05) is 96.8 Å². The molecule has 3 aromatic carbocycles. The normalized spacial score (nSPS) is 15.5. The molecule has 0 bridgehead atoms. The standard InChI is InChI=1S/C25H17NO2S2/c27-24-23(30-25(29)26(24)16-17-7-2-1-3-8-17)15-19-13-14-22(28-19)21-12-6-10-18-9-4-5-11-20(18)21/h1-15H,16H2. The van der Waals surface area contributed by atoms with Crippen LogP contribution in [0.15, 0.2) is 94.3 Å². The minimum absolute atomic E-state index is 0.0861. The molecule has 146 valence electrons. The molecule has 1 amide bonds. The van der Waals surface area contributed by atoms with Crippen molar-refractivity contribution in [2.24, 2.45) is 0 Å². The second-order valence-electron chi connectivity index (χ2n) is 6.98. The molecule has 5 rings (SSSR count). The molecule has 2 heterocycles. The lowest BCUT2D eigenvalue weighted by atomic mass is 10.0. The number of hydrogen-bond acceptors (Lipinski definition) is 4. The molecular weight excluding hydrogens is 410 g/mol. The summed E-state index contributed by atoms with van der Waals surface area (Å²) < 4.78 is 6.64. The number of thiocarbonyl (C=S) groups is 1. The van der Waals surface area contributed by atoms with Crippen molar-refractivity contribution in [3.63, 3.8) is 0 Å². The first-order valence-corrected chi connectivity index (χ1v) is 10.8. The van der Waals surface area contributed by atoms with E-state index >= 15 is 0 Å². The third kappa shape index (κ3) is 3.58. The molecule has 0 radical (unpaired) electrons. The maximum atomic E-state index is 12.9. The van der Waals surface area contributed by atoms with Gasteiger partial charge in [0, 0.05) is 11.6 Å². The number of thioether (sulfide) groups is 1. The highest BCUT2D eigenvalue weighted by Gasteiger charge is 2.32. The molecule has 1 fully saturated rings. The lowest BCUT2D eigenvalue weighted by Gasteiger charge is -2.14. The van der Waals surface area contributed by atoms with Crippen LogP contribution in [-0.4, -0.2) is 15.1 Å². The molecule has 30 heavy (non-hydrogen) atoms. The van der Waals surface area contributed by atoms with Gasteiger partial charge < -0.3 is 4.42 Å². The van der Waals surface area contributed by atoms with Crippen LogP contribution in [0.4, 0.5) is 0 Å². The lowest BCUT2D eigenvalue weighted by Crippen LogP contribution is -2.27. The first-order chi connectivity index (χ1) is 14.7. The van der Waals surface area contributed by atoms with Crippen molar-refractivity contribution in [3.8, 4) is 11.3 Å². The predicted molar refractivity (Wildman–Crippen MR) is 127 cm³/mol. The molecule has 5 heteroatoms. The topological polar surface area (TPSA) is 33.5 Å². The summed E-state index contributed by atoms with van der Waals surface area (Å²) in [5.41, 5.74) is 2.08. The number of rotatable bonds is 4. The van der Waals surface area contributed by atoms with Gasteiger partial charge in [0.2, 0.25) is 0 Å². The fourth-order valence-corrected chi connectivity index (χ4v) is 4.78. The van der Waals surface area contributed by atoms with Crippen molar-refractivity contribution in [2.75, 3.05) is 0 Å². The van der Waals surface area contributed by atoms with Crippen LogP contribution in [0.2, 0.25) is 0 Å². The zero-order valence-electron chi connectivity index (χ0n) is 15.9. The van der Waals surface area contributed by atoms with Gasteiger partial charge in [0.05, 0.1) is 11.4 Å². The van der Waals surface area contributed by atoms with Crippen LogP contribution in [-0.2, 0) is 11.3 Å². The van der Waals surface area contributed by atoms with Crippen molar-refractivity contribution in [1.29, 1.82) is 0 Å². The molecule has 1 aromatic heterocycles. The third-order valence-electron chi connectivity index (χ3n) is 5.01. The van der Waals surface area contributed by atoms with Crippen LogP contribution in [0.3, 0.4) is 0 Å². The van der Waals surface area contributed by atoms with Crippen molar-refractivity contribution in [1.82, 2.24) is 4.90 Å². The van der Waals surface area contributed by atoms with Gasteiger partial charge in [-0.3, -0.25) is 9.69 Å². The number of nitrogens with zero attached hydrogens (tertiary/aromatic N) is 1. The Morgan fingerprint density at radius 3 is 2.53 bits per heavy atom. The maximum Gasteiger partial charge on any atom is 0.266 e. The van der Waals surface area contributed by atoms with Crippen molar-refractivity contribution in [2.45, 2.75) is 6.54 Å². The van der Waals surface area contributed by atoms with Crippen LogP contribution < -0.4 is 0 Å². The number of fused-ring (bicyclic) bond motifs is 1. The molecule has 0 atom stereocenters. The van der Waals surface area contributed by atoms with E-state index in [-0.39, 0.29) is 5.91 Å². The van der Waals surface area contributed by atoms with Gasteiger partial charge in [0.25, 0.3) is 5.91 Å². The molecule has 1 aliphatic heterocycles. The quantitative estimate of drug-likeness (QED) is 0.275. The van der Waals surface area contributed by atoms with E-state index in [1.54, 1.807) is 11.0 Å². The zero-order valence-corrected chi connectivity index (χ0v) is 17.6. The molecule has 0 N–H and O–H groups in total. The Balaban J connectivity index is 1.42. The average molecular weight is 428 g/mol. The summed E-state index contributed by atoms with van der Waals surface area (Å²) in [4.78, 5) is 15.1. The second-order valence-corrected chi connectivity index (χ2v) is 8.66. The molecule has 4 aromatic rings. The van der Waals surface area contributed by atoms with E-state index in [4.69, 9.17) is 16.6 Å². The highest BCUT2D eigenvalue weighted by Crippen LogP contribution is 2.35. The van der Waals surface area contributed by atoms with Gasteiger partial charge in [-0.05, 0) is 28.5 Å². The fourth-order valence-electron chi connectivity index (χ4n) is 3.55. The Labute approximate surface area is 184 Å². The number of amides is 1. The number of benzene rings is 3. The van der Waals surface area contributed by atoms with Crippen LogP contribution in [0.1, 0.15) is 11.3 Å². The van der Waals surface area contributed by atoms with Gasteiger partial charge in [0.1, 0.15) is 15.8 Å². The Kier molecular flexibility index (Phi) is 4.99. The van der Waals surface area contributed by atoms with Crippen molar-refractivity contribution >= 4 is 51.1 Å². The summed E-state index contributed by atoms with van der Waals surface area (Å²) >= 11 is 6.75. The largest absolute Gasteiger partial charge is 0.457 e. The molecule has 0 spiro atoms. The van der Waals surface area contributed by atoms with Gasteiger partial charge in [-0.2, -0.15) is 0 Å². The Morgan fingerprint density at radius 1 is 0.900 bits per heavy atom. The van der Waals surface area contributed by atoms with Gasteiger partial charge in [0.15, 0.2) is 0 Å². The van der Waals surface area contributed by atoms with Crippen molar-refractivity contribution in [3.05, 3.63) is 101 Å². The highest BCUT2D eigenvalue weighted by molar-refractivity contribution is 8.26. The van der Waals surface area contributed by atoms with E-state index in [2.05, 4.69) is 18.2 Å². The fraction of sp³-hybridized carbons (Fsp3) is 0.0400. The van der Waals surface area contributed by atoms with Gasteiger partial charge in [-0.15, -0.1) is 0 Å². The zero-order chi connectivity index (χ0) is 20.5. The molecule has 0 aliphatic carbocycles. The van der Waals surface area contributed by atoms with E-state index < -0.39 is 0 Å². The lowest BCUT2D eigenvalue weighted by molar-refractivity contribution is -0.122. The third-order valence-corrected chi connectivity index (χ3v) is 6.39. The number of carbonyl (C=O) groups is 1. The number of furan rings is 1. The summed E-state index contributed by atoms with van der Waals surface area (Å²) in [7, 11) is 0. The maximum absolute atomic E-state index is 12.9. The second kappa shape index (κ2) is 7.94. The Hall–Kier alpha value is -3.15. The van der Waals surface area contributed by atoms with E-state index in [1.807, 2.05) is 66.7 Å². The van der Waals surface area contributed by atoms with E-state index in [1.165, 1.54) is 11.8 Å². The minimum atomic E-state index is -0.0861. The Morgan fingerprint density at radius 2 is 1.67 bits per heavy atom. The van der Waals surface area contributed by atoms with Crippen LogP contribution in [0.5, 0.6) is 0 Å². The first kappa shape index (κ1) is 18.9. The molecule has 0 unspecified atom stereocenters. The molecule has 0 saturated carbocycles. The SMILES string of the molecule is O=C1C(=Cc2ccc(-c3cccc4ccccc34)o2)SC(=S)N1Cc1ccccc1. The van der Waals surface area contributed by atoms with Gasteiger partial charge >= 0.3 is 0 Å². The predicted octanol–water partition coefficient (Wildman–Crippen LogP) is 6.50. The van der Waals surface area contributed by atoms with Crippen LogP contribution in [0.25, 0.3) is 28.2 Å². The Bertz CT molecular complexity index is 1290. The summed E-state index contributed by atoms with van der Waals surface area (Å²) in [6.07, 6.45) is 1.78. The molecule has 1 saturated heterocycles. The smallest absolute Gasteiger partial charge is 0.266 e. The summed E-state index contributed by atoms with van der Waals surface area (Å²) in [5.74, 6) is 1.33. The van der Waals surface area contributed by atoms with E-state index in [0.717, 1.165) is 27.7 Å². The van der Waals surface area contributed by atoms with Crippen LogP contribution >= 0.6 is 24.0 Å². The number of carbonyl (C=O) groups excluding carboxylic acids is 1. The molecular formula is C25H17NO2S2. The summed E-state index contributed by atoms with van der Waals surface area (Å²) in [6.45, 7) is 0.474. The molecule has 3 nitrogen and oxygen atoms in total.